The lowest BCUT2D eigenvalue weighted by molar-refractivity contribution is -0.136. The number of hydrogen-bond donors (Lipinski definition) is 0. The maximum absolute atomic E-state index is 13.6. The highest BCUT2D eigenvalue weighted by Gasteiger charge is 2.33. The first-order chi connectivity index (χ1) is 16.9. The number of fused-ring (bicyclic) bond motifs is 1. The van der Waals surface area contributed by atoms with E-state index in [1.165, 1.54) is 23.0 Å². The van der Waals surface area contributed by atoms with Crippen LogP contribution in [0.4, 0.5) is 0 Å². The van der Waals surface area contributed by atoms with Gasteiger partial charge in [0.25, 0.3) is 5.56 Å². The molecule has 0 saturated heterocycles. The van der Waals surface area contributed by atoms with Gasteiger partial charge < -0.3 is 9.47 Å². The average molecular weight is 527 g/mol. The lowest BCUT2D eigenvalue weighted by Gasteiger charge is -2.25. The minimum absolute atomic E-state index is 0.0269. The Balaban J connectivity index is 1.92. The predicted octanol–water partition coefficient (Wildman–Crippen LogP) is 4.12. The Hall–Kier alpha value is -3.31. The quantitative estimate of drug-likeness (QED) is 0.358. The molecule has 1 aromatic heterocycles. The van der Waals surface area contributed by atoms with Crippen molar-refractivity contribution in [3.63, 3.8) is 0 Å². The summed E-state index contributed by atoms with van der Waals surface area (Å²) in [5.74, 6) is 2.13. The molecular weight excluding hydrogens is 507 g/mol. The summed E-state index contributed by atoms with van der Waals surface area (Å²) in [6.45, 7) is 1.94. The lowest BCUT2D eigenvalue weighted by atomic mass is 9.95. The third kappa shape index (κ3) is 4.78. The monoisotopic (exact) mass is 526 g/mol. The molecule has 0 saturated carbocycles. The second-order valence-electron chi connectivity index (χ2n) is 7.51. The van der Waals surface area contributed by atoms with Gasteiger partial charge in [-0.3, -0.25) is 9.36 Å². The van der Waals surface area contributed by atoms with E-state index in [-0.39, 0.29) is 28.0 Å². The molecule has 0 radical (unpaired) electrons. The van der Waals surface area contributed by atoms with Gasteiger partial charge in [-0.05, 0) is 35.8 Å². The molecule has 35 heavy (non-hydrogen) atoms. The van der Waals surface area contributed by atoms with Crippen LogP contribution in [0.1, 0.15) is 30.5 Å². The Bertz CT molecular complexity index is 1530. The SMILES string of the molecule is C#CCOc1c(Cl)cc(/C=c2\sc3n(c2=O)[C@@H](c2ccccc2)C(C(=O)OC)=C(CC)N=3)cc1Cl. The number of aromatic nitrogens is 1. The van der Waals surface area contributed by atoms with Crippen LogP contribution >= 0.6 is 34.5 Å². The summed E-state index contributed by atoms with van der Waals surface area (Å²) in [6, 6.07) is 12.0. The molecule has 1 aliphatic heterocycles. The van der Waals surface area contributed by atoms with Crippen LogP contribution in [0.15, 0.2) is 63.5 Å². The minimum Gasteiger partial charge on any atom is -0.478 e. The molecule has 0 N–H and O–H groups in total. The first kappa shape index (κ1) is 24.8. The van der Waals surface area contributed by atoms with Crippen LogP contribution in [0.3, 0.4) is 0 Å². The number of allylic oxidation sites excluding steroid dienone is 1. The number of methoxy groups -OCH3 is 1. The molecule has 0 bridgehead atoms. The van der Waals surface area contributed by atoms with Crippen molar-refractivity contribution >= 4 is 46.6 Å². The predicted molar refractivity (Wildman–Crippen MR) is 138 cm³/mol. The van der Waals surface area contributed by atoms with Crippen LogP contribution in [-0.2, 0) is 9.53 Å². The van der Waals surface area contributed by atoms with Gasteiger partial charge in [-0.15, -0.1) is 6.42 Å². The van der Waals surface area contributed by atoms with Crippen LogP contribution in [0.2, 0.25) is 10.0 Å². The average Bonchev–Trinajstić information content (AvgIpc) is 3.16. The number of halogens is 2. The molecule has 0 aliphatic carbocycles. The molecule has 2 heterocycles. The summed E-state index contributed by atoms with van der Waals surface area (Å²) in [4.78, 5) is 31.6. The molecule has 6 nitrogen and oxygen atoms in total. The van der Waals surface area contributed by atoms with Gasteiger partial charge in [0.1, 0.15) is 6.61 Å². The minimum atomic E-state index is -0.663. The molecule has 3 aromatic rings. The van der Waals surface area contributed by atoms with E-state index in [1.54, 1.807) is 18.2 Å². The van der Waals surface area contributed by atoms with E-state index < -0.39 is 12.0 Å². The molecule has 178 valence electrons. The standard InChI is InChI=1S/C26H20Cl2N2O4S/c1-4-11-34-23-17(27)12-15(13-18(23)28)14-20-24(31)30-22(16-9-7-6-8-10-16)21(25(32)33-3)19(5-2)29-26(30)35-20/h1,6-10,12-14,22H,5,11H2,2-3H3/b20-14-/t22-/m0/s1. The number of thiazole rings is 1. The maximum atomic E-state index is 13.6. The fourth-order valence-corrected chi connectivity index (χ4v) is 5.51. The molecular formula is C26H20Cl2N2O4S. The van der Waals surface area contributed by atoms with Gasteiger partial charge in [0.05, 0.1) is 39.0 Å². The van der Waals surface area contributed by atoms with Gasteiger partial charge in [0, 0.05) is 0 Å². The van der Waals surface area contributed by atoms with Crippen molar-refractivity contribution in [2.75, 3.05) is 13.7 Å². The summed E-state index contributed by atoms with van der Waals surface area (Å²) in [6.07, 6.45) is 7.43. The highest BCUT2D eigenvalue weighted by atomic mass is 35.5. The zero-order valence-corrected chi connectivity index (χ0v) is 21.2. The fraction of sp³-hybridized carbons (Fsp3) is 0.192. The number of nitrogens with zero attached hydrogens (tertiary/aromatic N) is 2. The van der Waals surface area contributed by atoms with Crippen molar-refractivity contribution in [1.82, 2.24) is 4.57 Å². The summed E-state index contributed by atoms with van der Waals surface area (Å²) in [5.41, 5.74) is 2.03. The topological polar surface area (TPSA) is 69.9 Å². The van der Waals surface area contributed by atoms with Crippen LogP contribution in [0.5, 0.6) is 5.75 Å². The summed E-state index contributed by atoms with van der Waals surface area (Å²) in [5, 5.41) is 0.547. The van der Waals surface area contributed by atoms with Crippen molar-refractivity contribution in [1.29, 1.82) is 0 Å². The van der Waals surface area contributed by atoms with Gasteiger partial charge in [-0.25, -0.2) is 9.79 Å². The maximum Gasteiger partial charge on any atom is 0.338 e. The lowest BCUT2D eigenvalue weighted by Crippen LogP contribution is -2.40. The molecule has 1 atom stereocenters. The molecule has 4 rings (SSSR count). The Morgan fingerprint density at radius 1 is 1.26 bits per heavy atom. The number of carbonyl (C=O) groups excluding carboxylic acids is 1. The largest absolute Gasteiger partial charge is 0.478 e. The van der Waals surface area contributed by atoms with Crippen molar-refractivity contribution < 1.29 is 14.3 Å². The van der Waals surface area contributed by atoms with Crippen molar-refractivity contribution in [2.24, 2.45) is 4.99 Å². The summed E-state index contributed by atoms with van der Waals surface area (Å²) >= 11 is 13.9. The number of ether oxygens (including phenoxy) is 2. The number of carbonyl (C=O) groups is 1. The molecule has 9 heteroatoms. The summed E-state index contributed by atoms with van der Waals surface area (Å²) < 4.78 is 12.4. The van der Waals surface area contributed by atoms with Gasteiger partial charge in [-0.2, -0.15) is 0 Å². The number of benzene rings is 2. The van der Waals surface area contributed by atoms with Crippen LogP contribution in [-0.4, -0.2) is 24.3 Å². The summed E-state index contributed by atoms with van der Waals surface area (Å²) in [7, 11) is 1.32. The zero-order chi connectivity index (χ0) is 25.1. The van der Waals surface area contributed by atoms with Gasteiger partial charge in [0.15, 0.2) is 10.6 Å². The molecule has 0 amide bonds. The highest BCUT2D eigenvalue weighted by molar-refractivity contribution is 7.07. The van der Waals surface area contributed by atoms with Gasteiger partial charge >= 0.3 is 5.97 Å². The van der Waals surface area contributed by atoms with E-state index >= 15 is 0 Å². The number of esters is 1. The van der Waals surface area contributed by atoms with E-state index in [1.807, 2.05) is 37.3 Å². The van der Waals surface area contributed by atoms with E-state index in [0.29, 0.717) is 32.6 Å². The van der Waals surface area contributed by atoms with E-state index in [4.69, 9.17) is 39.1 Å². The van der Waals surface area contributed by atoms with E-state index in [0.717, 1.165) is 5.56 Å². The second kappa shape index (κ2) is 10.5. The Kier molecular flexibility index (Phi) is 7.46. The van der Waals surface area contributed by atoms with Crippen molar-refractivity contribution in [3.8, 4) is 18.1 Å². The zero-order valence-electron chi connectivity index (χ0n) is 18.9. The van der Waals surface area contributed by atoms with Crippen LogP contribution in [0.25, 0.3) is 6.08 Å². The third-order valence-corrected chi connectivity index (χ3v) is 6.93. The van der Waals surface area contributed by atoms with Crippen molar-refractivity contribution in [3.05, 3.63) is 94.6 Å². The van der Waals surface area contributed by atoms with Gasteiger partial charge in [0.2, 0.25) is 0 Å². The van der Waals surface area contributed by atoms with E-state index in [2.05, 4.69) is 10.9 Å². The number of rotatable bonds is 6. The smallest absolute Gasteiger partial charge is 0.338 e. The Morgan fingerprint density at radius 2 is 1.94 bits per heavy atom. The number of hydrogen-bond acceptors (Lipinski definition) is 6. The first-order valence-corrected chi connectivity index (χ1v) is 12.2. The number of terminal acetylenes is 1. The fourth-order valence-electron chi connectivity index (χ4n) is 3.88. The normalized spacial score (nSPS) is 15.3. The molecule has 0 unspecified atom stereocenters. The van der Waals surface area contributed by atoms with Crippen molar-refractivity contribution in [2.45, 2.75) is 19.4 Å². The Labute approximate surface area is 215 Å². The van der Waals surface area contributed by atoms with Crippen LogP contribution < -0.4 is 19.6 Å². The first-order valence-electron chi connectivity index (χ1n) is 10.6. The highest BCUT2D eigenvalue weighted by Crippen LogP contribution is 2.35. The van der Waals surface area contributed by atoms with Gasteiger partial charge in [-0.1, -0.05) is 77.7 Å². The van der Waals surface area contributed by atoms with Crippen LogP contribution in [0, 0.1) is 12.3 Å². The van der Waals surface area contributed by atoms with E-state index in [9.17, 15) is 9.59 Å². The Morgan fingerprint density at radius 3 is 2.54 bits per heavy atom. The molecule has 0 spiro atoms. The molecule has 2 aromatic carbocycles. The molecule has 1 aliphatic rings. The molecule has 0 fully saturated rings. The second-order valence-corrected chi connectivity index (χ2v) is 9.33. The third-order valence-electron chi connectivity index (χ3n) is 5.38.